The molecule has 9 heteroatoms. The van der Waals surface area contributed by atoms with Crippen molar-refractivity contribution in [2.75, 3.05) is 6.61 Å². The molecule has 25 heavy (non-hydrogen) atoms. The maximum Gasteiger partial charge on any atom is 0.104 e. The third kappa shape index (κ3) is 13.6. The van der Waals surface area contributed by atoms with Gasteiger partial charge in [-0.25, -0.2) is 0 Å². The third-order valence-corrected chi connectivity index (χ3v) is 5.48. The maximum atomic E-state index is 10.2. The maximum absolute atomic E-state index is 10.2. The summed E-state index contributed by atoms with van der Waals surface area (Å²) in [5.74, 6) is 7.59. The molecule has 0 aliphatic heterocycles. The van der Waals surface area contributed by atoms with Crippen molar-refractivity contribution in [3.8, 4) is 11.8 Å². The van der Waals surface area contributed by atoms with E-state index < -0.39 is 0 Å². The van der Waals surface area contributed by atoms with Gasteiger partial charge in [0.25, 0.3) is 0 Å². The van der Waals surface area contributed by atoms with Gasteiger partial charge in [-0.2, -0.15) is 0 Å². The van der Waals surface area contributed by atoms with Gasteiger partial charge in [0.05, 0.1) is 6.10 Å². The largest absolute Gasteiger partial charge is 0.393 e. The van der Waals surface area contributed by atoms with Gasteiger partial charge in [0, 0.05) is 235 Å². The average molecular weight is 873 g/mol. The monoisotopic (exact) mass is 873 g/mol. The van der Waals surface area contributed by atoms with Gasteiger partial charge in [-0.15, -0.1) is 5.92 Å². The molecule has 2 aliphatic rings. The van der Waals surface area contributed by atoms with E-state index in [-0.39, 0.29) is 242 Å². The van der Waals surface area contributed by atoms with E-state index in [1.165, 1.54) is 25.7 Å². The van der Waals surface area contributed by atoms with E-state index in [9.17, 15) is 5.11 Å². The molecule has 2 aliphatic carbocycles. The third-order valence-electron chi connectivity index (χ3n) is 5.48. The van der Waals surface area contributed by atoms with Crippen LogP contribution in [0.5, 0.6) is 0 Å². The smallest absolute Gasteiger partial charge is 0.104 e. The Labute approximate surface area is 330 Å². The minimum absolute atomic E-state index is 0. The second-order valence-electron chi connectivity index (χ2n) is 6.45. The van der Waals surface area contributed by atoms with Crippen molar-refractivity contribution in [3.05, 3.63) is 0 Å². The van der Waals surface area contributed by atoms with E-state index in [1.54, 1.807) is 0 Å². The Kier molecular flexibility index (Phi) is 44.5. The summed E-state index contributed by atoms with van der Waals surface area (Å²) in [5, 5.41) is 18.9. The minimum atomic E-state index is -0.0792. The van der Waals surface area contributed by atoms with Gasteiger partial charge >= 0.3 is 0 Å². The van der Waals surface area contributed by atoms with Crippen LogP contribution in [-0.2, 0) is 229 Å². The van der Waals surface area contributed by atoms with Crippen LogP contribution in [0, 0.1) is 35.0 Å². The number of rotatable bonds is 2. The Morgan fingerprint density at radius 2 is 1.52 bits per heavy atom. The zero-order chi connectivity index (χ0) is 13.2. The first-order chi connectivity index (χ1) is 8.59. The molecule has 0 aromatic rings. The Hall–Kier alpha value is 7.21. The first-order valence-electron chi connectivity index (χ1n) is 7.34. The van der Waals surface area contributed by atoms with E-state index in [0.29, 0.717) is 23.2 Å². The van der Waals surface area contributed by atoms with Crippen LogP contribution in [0.1, 0.15) is 52.4 Å². The number of aliphatic hydroxyl groups excluding tert-OH is 2. The van der Waals surface area contributed by atoms with Crippen LogP contribution in [0.2, 0.25) is 0 Å². The molecule has 0 aromatic heterocycles. The summed E-state index contributed by atoms with van der Waals surface area (Å²) < 4.78 is 0. The van der Waals surface area contributed by atoms with Gasteiger partial charge in [-0.3, -0.25) is 0 Å². The van der Waals surface area contributed by atoms with Gasteiger partial charge in [-0.1, -0.05) is 26.2 Å². The predicted molar refractivity (Wildman–Crippen MR) is 72.8 cm³/mol. The quantitative estimate of drug-likeness (QED) is 0.420. The van der Waals surface area contributed by atoms with Crippen LogP contribution in [0.15, 0.2) is 0 Å². The zero-order valence-corrected chi connectivity index (χ0v) is 35.6. The van der Waals surface area contributed by atoms with Crippen LogP contribution in [0.3, 0.4) is 0 Å². The van der Waals surface area contributed by atoms with Gasteiger partial charge < -0.3 is 10.2 Å². The Morgan fingerprint density at radius 1 is 0.960 bits per heavy atom. The average Bonchev–Trinajstić information content (AvgIpc) is 2.68. The topological polar surface area (TPSA) is 40.5 Å². The van der Waals surface area contributed by atoms with Crippen LogP contribution in [0.25, 0.3) is 0 Å². The van der Waals surface area contributed by atoms with E-state index >= 15 is 0 Å². The molecule has 2 nitrogen and oxygen atoms in total. The molecule has 2 fully saturated rings. The molecule has 0 amide bonds. The second-order valence-corrected chi connectivity index (χ2v) is 6.45. The molecule has 7 radical (unpaired) electrons. The zero-order valence-electron chi connectivity index (χ0n) is 15.7. The summed E-state index contributed by atoms with van der Waals surface area (Å²) in [4.78, 5) is 0. The molecule has 2 N–H and O–H groups in total. The molecule has 0 saturated heterocycles. The van der Waals surface area contributed by atoms with E-state index in [0.717, 1.165) is 12.8 Å². The summed E-state index contributed by atoms with van der Waals surface area (Å²) in [5.41, 5.74) is 0.317. The molecule has 123 valence electrons. The fourth-order valence-corrected chi connectivity index (χ4v) is 4.56. The van der Waals surface area contributed by atoms with Crippen LogP contribution in [0.4, 0.5) is 0 Å². The summed E-state index contributed by atoms with van der Waals surface area (Å²) in [6.07, 6.45) is 6.64. The molecule has 0 aromatic carbocycles. The molecule has 0 bridgehead atoms. The molecule has 1 unspecified atom stereocenters. The Morgan fingerprint density at radius 3 is 2.04 bits per heavy atom. The van der Waals surface area contributed by atoms with Crippen LogP contribution < -0.4 is 0 Å². The first kappa shape index (κ1) is 45.7. The summed E-state index contributed by atoms with van der Waals surface area (Å²) >= 11 is 0. The number of aliphatic hydroxyl groups is 2. The van der Waals surface area contributed by atoms with Crippen molar-refractivity contribution in [1.82, 2.24) is 0 Å². The molecule has 0 heterocycles. The molecule has 0 spiro atoms. The Balaban J connectivity index is -0.000000129. The van der Waals surface area contributed by atoms with Gasteiger partial charge in [0.1, 0.15) is 6.61 Å². The SMILES string of the molecule is C[C@H](CC#CCO)C1CC[C@H]2[C@@H](O)CCC[C@]12C.[Y].[Y].[Y].[Y].[Y].[Y].[Y]. The molecular formula is C16H26O2Y7. The van der Waals surface area contributed by atoms with E-state index in [1.807, 2.05) is 0 Å². The summed E-state index contributed by atoms with van der Waals surface area (Å²) in [7, 11) is 0. The predicted octanol–water partition coefficient (Wildman–Crippen LogP) is 2.57. The van der Waals surface area contributed by atoms with Crippen molar-refractivity contribution in [2.45, 2.75) is 58.5 Å². The fourth-order valence-electron chi connectivity index (χ4n) is 4.56. The number of hydrogen-bond donors (Lipinski definition) is 2. The Bertz CT molecular complexity index is 362. The molecule has 2 saturated carbocycles. The summed E-state index contributed by atoms with van der Waals surface area (Å²) in [6.45, 7) is 4.63. The van der Waals surface area contributed by atoms with Gasteiger partial charge in [0.15, 0.2) is 0 Å². The molecular weight excluding hydrogens is 847 g/mol. The standard InChI is InChI=1S/C16H26O2.7Y/c1-12(6-3-4-11-17)13-8-9-14-15(18)7-5-10-16(13,14)2;;;;;;;/h12-15,17-18H,5-11H2,1-2H3;;;;;;;/t12-,13?,14+,15+,16-;;;;;;;/m1......./s1. The molecule has 5 atom stereocenters. The second kappa shape index (κ2) is 24.3. The van der Waals surface area contributed by atoms with Crippen molar-refractivity contribution in [1.29, 1.82) is 0 Å². The number of hydrogen-bond acceptors (Lipinski definition) is 2. The van der Waals surface area contributed by atoms with Crippen LogP contribution >= 0.6 is 0 Å². The first-order valence-corrected chi connectivity index (χ1v) is 7.34. The van der Waals surface area contributed by atoms with Crippen molar-refractivity contribution >= 4 is 0 Å². The van der Waals surface area contributed by atoms with Gasteiger partial charge in [0.2, 0.25) is 0 Å². The molecule has 2 rings (SSSR count). The van der Waals surface area contributed by atoms with Crippen LogP contribution in [-0.4, -0.2) is 22.9 Å². The minimum Gasteiger partial charge on any atom is -0.393 e. The van der Waals surface area contributed by atoms with Gasteiger partial charge in [-0.05, 0) is 48.9 Å². The number of fused-ring (bicyclic) bond motifs is 1. The van der Waals surface area contributed by atoms with E-state index in [2.05, 4.69) is 25.7 Å². The van der Waals surface area contributed by atoms with Crippen molar-refractivity contribution in [3.63, 3.8) is 0 Å². The normalized spacial score (nSPS) is 29.4. The van der Waals surface area contributed by atoms with Crippen molar-refractivity contribution in [2.24, 2.45) is 23.2 Å². The summed E-state index contributed by atoms with van der Waals surface area (Å²) in [6, 6.07) is 0. The van der Waals surface area contributed by atoms with E-state index in [4.69, 9.17) is 5.11 Å². The fraction of sp³-hybridized carbons (Fsp3) is 0.875. The van der Waals surface area contributed by atoms with Crippen molar-refractivity contribution < 1.29 is 239 Å².